The molecule has 0 bridgehead atoms. The number of hydrogen-bond acceptors (Lipinski definition) is 10. The largest absolute Gasteiger partial charge is 0.481 e. The first-order valence-electron chi connectivity index (χ1n) is 11.2. The third-order valence-corrected chi connectivity index (χ3v) is 6.78. The smallest absolute Gasteiger partial charge is 0.332 e. The molecule has 1 heterocycles. The molecule has 12 nitrogen and oxygen atoms in total. The average molecular weight is 520 g/mol. The molecule has 1 amide bonds. The zero-order valence-corrected chi connectivity index (χ0v) is 21.1. The molecule has 1 aromatic heterocycles. The van der Waals surface area contributed by atoms with Crippen LogP contribution in [-0.4, -0.2) is 57.6 Å². The van der Waals surface area contributed by atoms with Crippen molar-refractivity contribution in [1.82, 2.24) is 15.3 Å². The van der Waals surface area contributed by atoms with Gasteiger partial charge in [0, 0.05) is 17.8 Å². The van der Waals surface area contributed by atoms with E-state index in [1.165, 1.54) is 51.7 Å². The van der Waals surface area contributed by atoms with Crippen molar-refractivity contribution in [2.45, 2.75) is 43.0 Å². The van der Waals surface area contributed by atoms with E-state index in [0.717, 1.165) is 38.2 Å². The number of carbonyl (C=O) groups excluding carboxylic acids is 2. The van der Waals surface area contributed by atoms with E-state index in [4.69, 9.17) is 9.47 Å². The Kier molecular flexibility index (Phi) is 9.06. The highest BCUT2D eigenvalue weighted by Gasteiger charge is 2.20. The van der Waals surface area contributed by atoms with Gasteiger partial charge in [-0.2, -0.15) is 9.97 Å². The fraction of sp³-hybridized carbons (Fsp3) is 0.391. The molecule has 1 aliphatic rings. The monoisotopic (exact) mass is 519 g/mol. The van der Waals surface area contributed by atoms with Gasteiger partial charge in [-0.15, -0.1) is 0 Å². The van der Waals surface area contributed by atoms with Crippen LogP contribution in [0, 0.1) is 0 Å². The van der Waals surface area contributed by atoms with E-state index in [0.29, 0.717) is 5.69 Å². The second kappa shape index (κ2) is 12.2. The summed E-state index contributed by atoms with van der Waals surface area (Å²) in [7, 11) is -0.0775. The van der Waals surface area contributed by atoms with Crippen LogP contribution >= 0.6 is 0 Å². The summed E-state index contributed by atoms with van der Waals surface area (Å²) in [4.78, 5) is 32.5. The summed E-state index contributed by atoms with van der Waals surface area (Å²) < 4.78 is 42.7. The number of hydrogen-bond donors (Lipinski definition) is 3. The molecule has 0 atom stereocenters. The topological polar surface area (TPSA) is 158 Å². The van der Waals surface area contributed by atoms with Crippen molar-refractivity contribution in [3.8, 4) is 11.9 Å². The van der Waals surface area contributed by atoms with E-state index >= 15 is 0 Å². The molecule has 0 saturated heterocycles. The molecule has 3 N–H and O–H groups in total. The van der Waals surface area contributed by atoms with Crippen LogP contribution in [0.1, 0.15) is 32.1 Å². The minimum Gasteiger partial charge on any atom is -0.481 e. The molecule has 3 rings (SSSR count). The van der Waals surface area contributed by atoms with Gasteiger partial charge in [-0.05, 0) is 37.1 Å². The van der Waals surface area contributed by atoms with E-state index in [-0.39, 0.29) is 34.3 Å². The Morgan fingerprint density at radius 2 is 1.69 bits per heavy atom. The van der Waals surface area contributed by atoms with Crippen LogP contribution in [0.2, 0.25) is 0 Å². The van der Waals surface area contributed by atoms with Crippen LogP contribution in [0.3, 0.4) is 0 Å². The van der Waals surface area contributed by atoms with Crippen molar-refractivity contribution >= 4 is 33.4 Å². The van der Waals surface area contributed by atoms with E-state index in [2.05, 4.69) is 30.1 Å². The Morgan fingerprint density at radius 1 is 1.00 bits per heavy atom. The highest BCUT2D eigenvalue weighted by Crippen LogP contribution is 2.22. The Bertz CT molecular complexity index is 1190. The Labute approximate surface area is 209 Å². The molecular formula is C23H29N5O7S. The summed E-state index contributed by atoms with van der Waals surface area (Å²) in [6, 6.07) is 6.90. The quantitative estimate of drug-likeness (QED) is 0.314. The lowest BCUT2D eigenvalue weighted by atomic mass is 9.95. The SMILES string of the molecule is COC(=O)/C=C(\Nc1ccc(S(=O)(=O)Nc2cc(OC)nc(OC)n2)cc1)C(=O)NC1CCCCC1. The summed E-state index contributed by atoms with van der Waals surface area (Å²) in [5.74, 6) is -1.06. The number of anilines is 2. The van der Waals surface area contributed by atoms with Crippen molar-refractivity contribution in [2.24, 2.45) is 0 Å². The van der Waals surface area contributed by atoms with Gasteiger partial charge in [0.2, 0.25) is 5.88 Å². The number of amides is 1. The van der Waals surface area contributed by atoms with E-state index < -0.39 is 21.9 Å². The number of nitrogens with one attached hydrogen (secondary N) is 3. The van der Waals surface area contributed by atoms with Crippen molar-refractivity contribution < 1.29 is 32.2 Å². The van der Waals surface area contributed by atoms with Gasteiger partial charge in [-0.3, -0.25) is 9.52 Å². The summed E-state index contributed by atoms with van der Waals surface area (Å²) in [5.41, 5.74) is 0.384. The van der Waals surface area contributed by atoms with Crippen LogP contribution in [-0.2, 0) is 24.3 Å². The van der Waals surface area contributed by atoms with Gasteiger partial charge < -0.3 is 24.8 Å². The lowest BCUT2D eigenvalue weighted by Gasteiger charge is -2.23. The number of nitrogens with zero attached hydrogens (tertiary/aromatic N) is 2. The summed E-state index contributed by atoms with van der Waals surface area (Å²) >= 11 is 0. The molecule has 0 aliphatic heterocycles. The van der Waals surface area contributed by atoms with E-state index in [9.17, 15) is 18.0 Å². The normalized spacial score (nSPS) is 14.5. The molecular weight excluding hydrogens is 490 g/mol. The minimum atomic E-state index is -4.01. The lowest BCUT2D eigenvalue weighted by Crippen LogP contribution is -2.38. The summed E-state index contributed by atoms with van der Waals surface area (Å²) in [6.45, 7) is 0. The maximum Gasteiger partial charge on any atom is 0.332 e. The van der Waals surface area contributed by atoms with Gasteiger partial charge in [-0.25, -0.2) is 13.2 Å². The molecule has 36 heavy (non-hydrogen) atoms. The van der Waals surface area contributed by atoms with Crippen LogP contribution in [0.25, 0.3) is 0 Å². The molecule has 1 aromatic carbocycles. The van der Waals surface area contributed by atoms with Crippen molar-refractivity contribution in [3.05, 3.63) is 42.1 Å². The number of ether oxygens (including phenoxy) is 3. The molecule has 13 heteroatoms. The van der Waals surface area contributed by atoms with E-state index in [1.807, 2.05) is 0 Å². The number of esters is 1. The van der Waals surface area contributed by atoms with Crippen LogP contribution < -0.4 is 24.8 Å². The second-order valence-corrected chi connectivity index (χ2v) is 9.61. The number of rotatable bonds is 10. The van der Waals surface area contributed by atoms with Gasteiger partial charge in [0.15, 0.2) is 5.82 Å². The maximum atomic E-state index is 12.8. The number of carbonyl (C=O) groups is 2. The van der Waals surface area contributed by atoms with Crippen molar-refractivity contribution in [1.29, 1.82) is 0 Å². The maximum absolute atomic E-state index is 12.8. The zero-order chi connectivity index (χ0) is 26.1. The minimum absolute atomic E-state index is 0.0127. The fourth-order valence-electron chi connectivity index (χ4n) is 3.57. The van der Waals surface area contributed by atoms with Gasteiger partial charge in [0.25, 0.3) is 15.9 Å². The van der Waals surface area contributed by atoms with Crippen LogP contribution in [0.4, 0.5) is 11.5 Å². The number of sulfonamides is 1. The highest BCUT2D eigenvalue weighted by atomic mass is 32.2. The fourth-order valence-corrected chi connectivity index (χ4v) is 4.56. The molecule has 1 saturated carbocycles. The summed E-state index contributed by atoms with van der Waals surface area (Å²) in [6.07, 6.45) is 6.01. The predicted molar refractivity (Wildman–Crippen MR) is 131 cm³/mol. The molecule has 0 spiro atoms. The third kappa shape index (κ3) is 7.31. The zero-order valence-electron chi connectivity index (χ0n) is 20.2. The van der Waals surface area contributed by atoms with Crippen molar-refractivity contribution in [3.63, 3.8) is 0 Å². The average Bonchev–Trinajstić information content (AvgIpc) is 2.88. The first-order valence-corrected chi connectivity index (χ1v) is 12.7. The summed E-state index contributed by atoms with van der Waals surface area (Å²) in [5, 5.41) is 5.81. The molecule has 0 radical (unpaired) electrons. The Balaban J connectivity index is 1.75. The van der Waals surface area contributed by atoms with Crippen molar-refractivity contribution in [2.75, 3.05) is 31.4 Å². The van der Waals surface area contributed by atoms with Crippen LogP contribution in [0.5, 0.6) is 11.9 Å². The van der Waals surface area contributed by atoms with Gasteiger partial charge >= 0.3 is 12.0 Å². The lowest BCUT2D eigenvalue weighted by molar-refractivity contribution is -0.135. The second-order valence-electron chi connectivity index (χ2n) is 7.93. The Hall–Kier alpha value is -3.87. The number of benzene rings is 1. The van der Waals surface area contributed by atoms with Gasteiger partial charge in [0.05, 0.1) is 32.3 Å². The molecule has 1 fully saturated rings. The van der Waals surface area contributed by atoms with Gasteiger partial charge in [0.1, 0.15) is 5.70 Å². The first kappa shape index (κ1) is 26.7. The molecule has 0 unspecified atom stereocenters. The molecule has 194 valence electrons. The predicted octanol–water partition coefficient (Wildman–Crippen LogP) is 2.21. The number of methoxy groups -OCH3 is 3. The standard InChI is InChI=1S/C23H29N5O7S/c1-33-20-14-19(26-23(27-20)35-3)28-36(31,32)17-11-9-16(10-12-17)24-18(13-21(29)34-2)22(30)25-15-7-5-4-6-8-15/h9-15,24H,4-8H2,1-3H3,(H,25,30)(H,26,27,28)/b18-13-. The van der Waals surface area contributed by atoms with E-state index in [1.54, 1.807) is 0 Å². The van der Waals surface area contributed by atoms with Gasteiger partial charge in [-0.1, -0.05) is 19.3 Å². The Morgan fingerprint density at radius 3 is 2.31 bits per heavy atom. The third-order valence-electron chi connectivity index (χ3n) is 5.40. The van der Waals surface area contributed by atoms with Crippen LogP contribution in [0.15, 0.2) is 47.0 Å². The molecule has 1 aliphatic carbocycles. The first-order chi connectivity index (χ1) is 17.2. The molecule has 2 aromatic rings. The highest BCUT2D eigenvalue weighted by molar-refractivity contribution is 7.92. The number of aromatic nitrogens is 2.